The summed E-state index contributed by atoms with van der Waals surface area (Å²) >= 11 is 0. The summed E-state index contributed by atoms with van der Waals surface area (Å²) in [5.74, 6) is -16.3. The molecule has 0 amide bonds. The number of rotatable bonds is 12. The number of esters is 8. The Balaban J connectivity index is 0.000000244. The van der Waals surface area contributed by atoms with Crippen molar-refractivity contribution < 1.29 is 207 Å². The first-order valence-electron chi connectivity index (χ1n) is 32.1. The molecule has 44 nitrogen and oxygen atoms in total. The Kier molecular flexibility index (Phi) is 33.8. The molecular weight excluding hydrogens is 1700 g/mol. The van der Waals surface area contributed by atoms with Gasteiger partial charge in [0, 0.05) is 0 Å². The van der Waals surface area contributed by atoms with Crippen molar-refractivity contribution in [3.8, 4) is 0 Å². The number of aromatic carboxylic acids is 8. The van der Waals surface area contributed by atoms with E-state index in [0.29, 0.717) is 44.5 Å². The van der Waals surface area contributed by atoms with Crippen molar-refractivity contribution in [2.45, 2.75) is 19.6 Å². The number of benzene rings is 8. The normalized spacial score (nSPS) is 13.4. The van der Waals surface area contributed by atoms with Crippen LogP contribution in [-0.4, -0.2) is 241 Å². The molecule has 8 aliphatic heterocycles. The van der Waals surface area contributed by atoms with Gasteiger partial charge in [0.2, 0.25) is 0 Å². The van der Waals surface area contributed by atoms with Crippen molar-refractivity contribution in [3.63, 3.8) is 0 Å². The highest BCUT2D eigenvalue weighted by molar-refractivity contribution is 7.86. The van der Waals surface area contributed by atoms with Gasteiger partial charge in [-0.15, -0.1) is 0 Å². The van der Waals surface area contributed by atoms with Gasteiger partial charge in [-0.3, -0.25) is 18.2 Å². The van der Waals surface area contributed by atoms with Crippen LogP contribution in [-0.2, 0) is 78.4 Å². The molecule has 120 heavy (non-hydrogen) atoms. The van der Waals surface area contributed by atoms with Crippen LogP contribution in [0.4, 0.5) is 0 Å². The van der Waals surface area contributed by atoms with E-state index in [1.54, 1.807) is 97.1 Å². The molecule has 0 spiro atoms. The molecule has 0 atom stereocenters. The predicted octanol–water partition coefficient (Wildman–Crippen LogP) is 5.37. The fourth-order valence-corrected chi connectivity index (χ4v) is 12.8. The van der Waals surface area contributed by atoms with Gasteiger partial charge in [-0.1, -0.05) is 24.3 Å². The van der Waals surface area contributed by atoms with E-state index in [9.17, 15) is 110 Å². The second kappa shape index (κ2) is 42.5. The van der Waals surface area contributed by atoms with Crippen molar-refractivity contribution in [3.05, 3.63) is 259 Å². The molecule has 0 saturated heterocycles. The maximum Gasteiger partial charge on any atom is 0.338 e. The van der Waals surface area contributed by atoms with E-state index in [-0.39, 0.29) is 52.9 Å². The lowest BCUT2D eigenvalue weighted by Gasteiger charge is -2.09. The molecule has 0 aliphatic carbocycles. The standard InChI is InChI=1S/4C10H8O4.4C8H6O7S/c4*11-9-7-1-2-8(4-3-7)10(12)14-6-5-13-9;4*9-7(10)4-2-1-3-5(8(11)12)6(4)16(13,14)15/h4*1-4H,5-6H2;4*1-3H,(H,9,10)(H,11,12)(H,13,14,15). The highest BCUT2D eigenvalue weighted by atomic mass is 32.2. The van der Waals surface area contributed by atoms with Gasteiger partial charge in [0.25, 0.3) is 40.5 Å². The zero-order valence-electron chi connectivity index (χ0n) is 59.9. The summed E-state index contributed by atoms with van der Waals surface area (Å²) in [6.07, 6.45) is 0. The number of hydrogen-bond acceptors (Lipinski definition) is 32. The Hall–Kier alpha value is -15.1. The highest BCUT2D eigenvalue weighted by Crippen LogP contribution is 2.26. The molecule has 632 valence electrons. The summed E-state index contributed by atoms with van der Waals surface area (Å²) in [5.41, 5.74) is -2.73. The molecule has 16 rings (SSSR count). The average molecular weight is 1750 g/mol. The van der Waals surface area contributed by atoms with Gasteiger partial charge in [-0.2, -0.15) is 33.7 Å². The third kappa shape index (κ3) is 27.6. The minimum atomic E-state index is -4.92. The molecule has 0 radical (unpaired) electrons. The van der Waals surface area contributed by atoms with E-state index in [1.807, 2.05) is 0 Å². The second-order valence-corrected chi connectivity index (χ2v) is 27.9. The molecule has 48 heteroatoms. The summed E-state index contributed by atoms with van der Waals surface area (Å²) in [6, 6.07) is 36.1. The number of carboxylic acids is 8. The maximum atomic E-state index is 11.3. The SMILES string of the molecule is O=C(O)c1cccc(C(=O)O)c1S(=O)(=O)O.O=C(O)c1cccc(C(=O)O)c1S(=O)(=O)O.O=C(O)c1cccc(C(=O)O)c1S(=O)(=O)O.O=C(O)c1cccc(C(=O)O)c1S(=O)(=O)O.O=C1OCCOC(=O)c2ccc1cc2.O=C1OCCOC(=O)c2ccc1cc2.O=C1OCCOC(=O)c2ccc1cc2.O=C1OCCOC(=O)c2ccc1cc2. The lowest BCUT2D eigenvalue weighted by atomic mass is 10.1. The summed E-state index contributed by atoms with van der Waals surface area (Å²) in [5, 5.41) is 69.3. The number of hydrogen-bond donors (Lipinski definition) is 12. The molecule has 8 aliphatic rings. The van der Waals surface area contributed by atoms with Crippen molar-refractivity contribution >= 4 is 136 Å². The van der Waals surface area contributed by atoms with Crippen LogP contribution in [0.15, 0.2) is 189 Å². The molecule has 12 N–H and O–H groups in total. The Bertz CT molecular complexity index is 4840. The van der Waals surface area contributed by atoms with Gasteiger partial charge < -0.3 is 78.7 Å². The fourth-order valence-electron chi connectivity index (χ4n) is 9.32. The predicted molar refractivity (Wildman–Crippen MR) is 389 cm³/mol. The third-order valence-electron chi connectivity index (χ3n) is 14.6. The van der Waals surface area contributed by atoms with Crippen molar-refractivity contribution in [1.82, 2.24) is 0 Å². The largest absolute Gasteiger partial charge is 0.478 e. The topological polar surface area (TPSA) is 726 Å². The monoisotopic (exact) mass is 1750 g/mol. The maximum absolute atomic E-state index is 11.3. The van der Waals surface area contributed by atoms with Crippen LogP contribution < -0.4 is 0 Å². The van der Waals surface area contributed by atoms with Crippen molar-refractivity contribution in [1.29, 1.82) is 0 Å². The van der Waals surface area contributed by atoms with Crippen molar-refractivity contribution in [2.24, 2.45) is 0 Å². The Labute approximate surface area is 671 Å². The van der Waals surface area contributed by atoms with E-state index in [4.69, 9.17) is 97.0 Å². The molecule has 0 fully saturated rings. The number of carbonyl (C=O) groups is 16. The Morgan fingerprint density at radius 1 is 0.192 bits per heavy atom. The average Bonchev–Trinajstić information content (AvgIpc) is 0.801. The van der Waals surface area contributed by atoms with Crippen LogP contribution in [0, 0.1) is 0 Å². The van der Waals surface area contributed by atoms with Gasteiger partial charge in [-0.05, 0) is 146 Å². The van der Waals surface area contributed by atoms with Crippen molar-refractivity contribution in [2.75, 3.05) is 52.9 Å². The second-order valence-electron chi connectivity index (χ2n) is 22.5. The first-order chi connectivity index (χ1) is 56.1. The van der Waals surface area contributed by atoms with Gasteiger partial charge in [0.05, 0.1) is 89.0 Å². The number of ether oxygens (including phenoxy) is 8. The van der Waals surface area contributed by atoms with Crippen LogP contribution in [0.1, 0.15) is 166 Å². The van der Waals surface area contributed by atoms with Crippen LogP contribution in [0.3, 0.4) is 0 Å². The highest BCUT2D eigenvalue weighted by Gasteiger charge is 2.32. The summed E-state index contributed by atoms with van der Waals surface area (Å²) in [4.78, 5) is 171. The van der Waals surface area contributed by atoms with Gasteiger partial charge in [-0.25, -0.2) is 76.7 Å². The van der Waals surface area contributed by atoms with E-state index in [2.05, 4.69) is 0 Å². The number of fused-ring (bicyclic) bond motifs is 28. The molecule has 8 bridgehead atoms. The molecule has 8 heterocycles. The molecule has 0 aromatic heterocycles. The first kappa shape index (κ1) is 95.5. The van der Waals surface area contributed by atoms with E-state index in [0.717, 1.165) is 72.8 Å². The molecule has 8 aromatic rings. The zero-order chi connectivity index (χ0) is 89.9. The van der Waals surface area contributed by atoms with E-state index >= 15 is 0 Å². The summed E-state index contributed by atoms with van der Waals surface area (Å²) < 4.78 is 161. The number of carboxylic acid groups (broad SMARTS) is 8. The lowest BCUT2D eigenvalue weighted by Crippen LogP contribution is -2.16. The smallest absolute Gasteiger partial charge is 0.338 e. The van der Waals surface area contributed by atoms with E-state index < -0.39 is 200 Å². The minimum absolute atomic E-state index is 0.100. The van der Waals surface area contributed by atoms with Crippen LogP contribution in [0.2, 0.25) is 0 Å². The molecule has 0 unspecified atom stereocenters. The quantitative estimate of drug-likeness (QED) is 0.0415. The molecule has 0 saturated carbocycles. The summed E-state index contributed by atoms with van der Waals surface area (Å²) in [6.45, 7) is 0.802. The molecular formula is C72H56O44S4. The first-order valence-corrected chi connectivity index (χ1v) is 37.9. The lowest BCUT2D eigenvalue weighted by molar-refractivity contribution is 0.0260. The Morgan fingerprint density at radius 2 is 0.283 bits per heavy atom. The minimum Gasteiger partial charge on any atom is -0.478 e. The molecule has 8 aromatic carbocycles. The van der Waals surface area contributed by atoms with E-state index in [1.165, 1.54) is 0 Å². The Morgan fingerprint density at radius 3 is 0.358 bits per heavy atom. The summed E-state index contributed by atoms with van der Waals surface area (Å²) in [7, 11) is -19.7. The van der Waals surface area contributed by atoms with Crippen LogP contribution >= 0.6 is 0 Å². The zero-order valence-corrected chi connectivity index (χ0v) is 63.2. The van der Waals surface area contributed by atoms with Gasteiger partial charge in [0.15, 0.2) is 0 Å². The fraction of sp³-hybridized carbons (Fsp3) is 0.111. The third-order valence-corrected chi connectivity index (χ3v) is 18.4. The van der Waals surface area contributed by atoms with Gasteiger partial charge in [0.1, 0.15) is 72.4 Å². The number of carbonyl (C=O) groups excluding carboxylic acids is 8. The van der Waals surface area contributed by atoms with Gasteiger partial charge >= 0.3 is 95.5 Å². The van der Waals surface area contributed by atoms with Crippen LogP contribution in [0.25, 0.3) is 0 Å². The van der Waals surface area contributed by atoms with Crippen LogP contribution in [0.5, 0.6) is 0 Å².